The van der Waals surface area contributed by atoms with Gasteiger partial charge in [-0.1, -0.05) is 0 Å². The van der Waals surface area contributed by atoms with Crippen LogP contribution in [0.2, 0.25) is 0 Å². The van der Waals surface area contributed by atoms with Crippen molar-refractivity contribution in [2.45, 2.75) is 13.8 Å². The highest BCUT2D eigenvalue weighted by Crippen LogP contribution is 2.23. The predicted molar refractivity (Wildman–Crippen MR) is 93.2 cm³/mol. The van der Waals surface area contributed by atoms with E-state index in [9.17, 15) is 9.59 Å². The number of hydrogen-bond acceptors (Lipinski definition) is 5. The van der Waals surface area contributed by atoms with Crippen molar-refractivity contribution in [1.82, 2.24) is 15.1 Å². The Morgan fingerprint density at radius 1 is 1.20 bits per heavy atom. The third-order valence-electron chi connectivity index (χ3n) is 3.83. The third-order valence-corrected chi connectivity index (χ3v) is 3.83. The number of nitrogens with one attached hydrogen (secondary N) is 2. The van der Waals surface area contributed by atoms with Crippen LogP contribution in [0.1, 0.15) is 21.7 Å². The number of anilines is 1. The number of benzene rings is 1. The molecule has 0 aliphatic rings. The fraction of sp³-hybridized carbons (Fsp3) is 0.353. The van der Waals surface area contributed by atoms with Gasteiger partial charge in [0.1, 0.15) is 11.5 Å². The van der Waals surface area contributed by atoms with Gasteiger partial charge in [-0.3, -0.25) is 14.3 Å². The van der Waals surface area contributed by atoms with Crippen molar-refractivity contribution in [3.05, 3.63) is 35.2 Å². The van der Waals surface area contributed by atoms with E-state index in [2.05, 4.69) is 15.7 Å². The Kier molecular flexibility index (Phi) is 5.63. The molecule has 2 aromatic rings. The average Bonchev–Trinajstić information content (AvgIpc) is 2.85. The molecule has 0 bridgehead atoms. The Morgan fingerprint density at radius 2 is 1.92 bits per heavy atom. The summed E-state index contributed by atoms with van der Waals surface area (Å²) in [6.45, 7) is 3.49. The molecule has 1 aromatic heterocycles. The second-order valence-electron chi connectivity index (χ2n) is 5.47. The first-order valence-corrected chi connectivity index (χ1v) is 7.67. The van der Waals surface area contributed by atoms with Gasteiger partial charge in [0.15, 0.2) is 0 Å². The number of aromatic nitrogens is 2. The highest BCUT2D eigenvalue weighted by atomic mass is 16.5. The van der Waals surface area contributed by atoms with Gasteiger partial charge >= 0.3 is 0 Å². The highest BCUT2D eigenvalue weighted by molar-refractivity contribution is 6.01. The number of amides is 2. The quantitative estimate of drug-likeness (QED) is 0.825. The summed E-state index contributed by atoms with van der Waals surface area (Å²) < 4.78 is 12.0. The van der Waals surface area contributed by atoms with Crippen molar-refractivity contribution in [3.63, 3.8) is 0 Å². The molecule has 2 amide bonds. The van der Waals surface area contributed by atoms with Crippen molar-refractivity contribution in [1.29, 1.82) is 0 Å². The Balaban J connectivity index is 2.03. The van der Waals surface area contributed by atoms with Gasteiger partial charge in [0.05, 0.1) is 43.4 Å². The molecule has 2 N–H and O–H groups in total. The molecule has 134 valence electrons. The largest absolute Gasteiger partial charge is 0.497 e. The van der Waals surface area contributed by atoms with E-state index >= 15 is 0 Å². The van der Waals surface area contributed by atoms with Gasteiger partial charge in [0.25, 0.3) is 5.91 Å². The van der Waals surface area contributed by atoms with E-state index in [1.54, 1.807) is 29.9 Å². The van der Waals surface area contributed by atoms with E-state index in [4.69, 9.17) is 9.47 Å². The van der Waals surface area contributed by atoms with Crippen LogP contribution in [0.5, 0.6) is 11.5 Å². The summed E-state index contributed by atoms with van der Waals surface area (Å²) in [5.74, 6) is 0.162. The van der Waals surface area contributed by atoms with Gasteiger partial charge in [0.2, 0.25) is 5.91 Å². The Morgan fingerprint density at radius 3 is 2.48 bits per heavy atom. The van der Waals surface area contributed by atoms with Gasteiger partial charge in [0, 0.05) is 7.05 Å². The van der Waals surface area contributed by atoms with Crippen LogP contribution in [0.4, 0.5) is 5.69 Å². The zero-order valence-electron chi connectivity index (χ0n) is 15.0. The van der Waals surface area contributed by atoms with E-state index in [0.717, 1.165) is 5.69 Å². The van der Waals surface area contributed by atoms with Crippen molar-refractivity contribution >= 4 is 17.5 Å². The molecule has 0 aliphatic heterocycles. The summed E-state index contributed by atoms with van der Waals surface area (Å²) in [5, 5.41) is 9.57. The second kappa shape index (κ2) is 7.69. The van der Waals surface area contributed by atoms with Gasteiger partial charge < -0.3 is 20.1 Å². The maximum absolute atomic E-state index is 12.3. The molecule has 0 aliphatic carbocycles. The molecule has 8 heteroatoms. The van der Waals surface area contributed by atoms with Crippen LogP contribution >= 0.6 is 0 Å². The van der Waals surface area contributed by atoms with E-state index in [1.165, 1.54) is 14.2 Å². The summed E-state index contributed by atoms with van der Waals surface area (Å²) >= 11 is 0. The standard InChI is InChI=1S/C17H22N4O4/c1-10-16(11(2)21(3)20-10)19-15(22)9-18-17(23)13-8-12(24-4)6-7-14(13)25-5/h6-8H,9H2,1-5H3,(H,18,23)(H,19,22). The number of hydrogen-bond donors (Lipinski definition) is 2. The van der Waals surface area contributed by atoms with E-state index in [0.29, 0.717) is 28.4 Å². The Hall–Kier alpha value is -3.03. The van der Waals surface area contributed by atoms with Crippen molar-refractivity contribution in [2.24, 2.45) is 7.05 Å². The molecular weight excluding hydrogens is 324 g/mol. The van der Waals surface area contributed by atoms with Crippen LogP contribution in [-0.2, 0) is 11.8 Å². The highest BCUT2D eigenvalue weighted by Gasteiger charge is 2.16. The van der Waals surface area contributed by atoms with Crippen LogP contribution in [-0.4, -0.2) is 42.4 Å². The molecule has 0 fully saturated rings. The number of methoxy groups -OCH3 is 2. The second-order valence-corrected chi connectivity index (χ2v) is 5.47. The molecule has 0 spiro atoms. The Bertz CT molecular complexity index is 798. The summed E-state index contributed by atoms with van der Waals surface area (Å²) in [6, 6.07) is 4.88. The van der Waals surface area contributed by atoms with Crippen molar-refractivity contribution < 1.29 is 19.1 Å². The monoisotopic (exact) mass is 346 g/mol. The summed E-state index contributed by atoms with van der Waals surface area (Å²) in [7, 11) is 4.78. The summed E-state index contributed by atoms with van der Waals surface area (Å²) in [4.78, 5) is 24.5. The van der Waals surface area contributed by atoms with Crippen molar-refractivity contribution in [2.75, 3.05) is 26.1 Å². The average molecular weight is 346 g/mol. The molecule has 0 radical (unpaired) electrons. The lowest BCUT2D eigenvalue weighted by Crippen LogP contribution is -2.33. The first-order valence-electron chi connectivity index (χ1n) is 7.67. The molecule has 25 heavy (non-hydrogen) atoms. The summed E-state index contributed by atoms with van der Waals surface area (Å²) in [5.41, 5.74) is 2.50. The lowest BCUT2D eigenvalue weighted by molar-refractivity contribution is -0.115. The van der Waals surface area contributed by atoms with E-state index in [1.807, 2.05) is 13.8 Å². The number of carbonyl (C=O) groups is 2. The predicted octanol–water partition coefficient (Wildman–Crippen LogP) is 1.42. The number of aryl methyl sites for hydroxylation is 2. The van der Waals surface area contributed by atoms with Crippen LogP contribution in [0.15, 0.2) is 18.2 Å². The molecule has 0 atom stereocenters. The first-order chi connectivity index (χ1) is 11.9. The van der Waals surface area contributed by atoms with Crippen LogP contribution in [0.25, 0.3) is 0 Å². The number of ether oxygens (including phenoxy) is 2. The maximum atomic E-state index is 12.3. The van der Waals surface area contributed by atoms with Gasteiger partial charge in [-0.2, -0.15) is 5.10 Å². The van der Waals surface area contributed by atoms with Crippen LogP contribution in [0, 0.1) is 13.8 Å². The molecule has 2 rings (SSSR count). The molecule has 1 heterocycles. The minimum Gasteiger partial charge on any atom is -0.497 e. The Labute approximate surface area is 146 Å². The van der Waals surface area contributed by atoms with Crippen LogP contribution in [0.3, 0.4) is 0 Å². The minimum atomic E-state index is -0.425. The topological polar surface area (TPSA) is 94.5 Å². The number of carbonyl (C=O) groups excluding carboxylic acids is 2. The fourth-order valence-electron chi connectivity index (χ4n) is 2.39. The number of rotatable bonds is 6. The smallest absolute Gasteiger partial charge is 0.255 e. The van der Waals surface area contributed by atoms with Gasteiger partial charge in [-0.05, 0) is 32.0 Å². The van der Waals surface area contributed by atoms with Gasteiger partial charge in [-0.25, -0.2) is 0 Å². The van der Waals surface area contributed by atoms with Crippen molar-refractivity contribution in [3.8, 4) is 11.5 Å². The molecule has 0 saturated heterocycles. The van der Waals surface area contributed by atoms with Gasteiger partial charge in [-0.15, -0.1) is 0 Å². The molecular formula is C17H22N4O4. The molecule has 0 unspecified atom stereocenters. The van der Waals surface area contributed by atoms with E-state index < -0.39 is 5.91 Å². The normalized spacial score (nSPS) is 10.3. The fourth-order valence-corrected chi connectivity index (χ4v) is 2.39. The maximum Gasteiger partial charge on any atom is 0.255 e. The third kappa shape index (κ3) is 4.09. The molecule has 1 aromatic carbocycles. The number of nitrogens with zero attached hydrogens (tertiary/aromatic N) is 2. The zero-order valence-corrected chi connectivity index (χ0v) is 15.0. The molecule has 0 saturated carbocycles. The first kappa shape index (κ1) is 18.3. The zero-order chi connectivity index (χ0) is 18.6. The lowest BCUT2D eigenvalue weighted by Gasteiger charge is -2.11. The molecule has 8 nitrogen and oxygen atoms in total. The SMILES string of the molecule is COc1ccc(OC)c(C(=O)NCC(=O)Nc2c(C)nn(C)c2C)c1. The lowest BCUT2D eigenvalue weighted by atomic mass is 10.1. The van der Waals surface area contributed by atoms with E-state index in [-0.39, 0.29) is 12.5 Å². The minimum absolute atomic E-state index is 0.174. The van der Waals surface area contributed by atoms with Crippen LogP contribution < -0.4 is 20.1 Å². The summed E-state index contributed by atoms with van der Waals surface area (Å²) in [6.07, 6.45) is 0.